The highest BCUT2D eigenvalue weighted by atomic mass is 32.2. The first-order chi connectivity index (χ1) is 8.81. The van der Waals surface area contributed by atoms with Crippen molar-refractivity contribution in [3.8, 4) is 0 Å². The Hall–Kier alpha value is -1.60. The Labute approximate surface area is 113 Å². The average molecular weight is 286 g/mol. The van der Waals surface area contributed by atoms with E-state index in [9.17, 15) is 13.2 Å². The van der Waals surface area contributed by atoms with Gasteiger partial charge in [-0.15, -0.1) is 0 Å². The lowest BCUT2D eigenvalue weighted by molar-refractivity contribution is 0.0905. The van der Waals surface area contributed by atoms with Crippen LogP contribution in [0.25, 0.3) is 0 Å². The second-order valence-electron chi connectivity index (χ2n) is 4.28. The summed E-state index contributed by atoms with van der Waals surface area (Å²) in [6, 6.07) is 6.17. The zero-order valence-corrected chi connectivity index (χ0v) is 12.0. The molecule has 2 N–H and O–H groups in total. The third kappa shape index (κ3) is 5.71. The number of methoxy groups -OCH3 is 1. The van der Waals surface area contributed by atoms with Gasteiger partial charge < -0.3 is 10.1 Å². The number of sulfonamides is 1. The quantitative estimate of drug-likeness (QED) is 0.811. The molecular weight excluding hydrogens is 268 g/mol. The summed E-state index contributed by atoms with van der Waals surface area (Å²) in [5.41, 5.74) is 0.742. The van der Waals surface area contributed by atoms with Gasteiger partial charge in [0.2, 0.25) is 10.0 Å². The second kappa shape index (κ2) is 6.53. The summed E-state index contributed by atoms with van der Waals surface area (Å²) in [4.78, 5) is 11.9. The van der Waals surface area contributed by atoms with Crippen LogP contribution in [0.2, 0.25) is 0 Å². The highest BCUT2D eigenvalue weighted by molar-refractivity contribution is 7.92. The average Bonchev–Trinajstić information content (AvgIpc) is 2.27. The molecule has 1 rings (SSSR count). The number of hydrogen-bond donors (Lipinski definition) is 2. The van der Waals surface area contributed by atoms with Crippen LogP contribution in [0, 0.1) is 0 Å². The van der Waals surface area contributed by atoms with E-state index in [1.165, 1.54) is 6.07 Å². The van der Waals surface area contributed by atoms with Crippen molar-refractivity contribution >= 4 is 21.6 Å². The summed E-state index contributed by atoms with van der Waals surface area (Å²) in [6.45, 7) is 2.23. The van der Waals surface area contributed by atoms with Gasteiger partial charge in [0.15, 0.2) is 0 Å². The number of hydrogen-bond acceptors (Lipinski definition) is 4. The highest BCUT2D eigenvalue weighted by Gasteiger charge is 2.11. The smallest absolute Gasteiger partial charge is 0.251 e. The normalized spacial score (nSPS) is 12.8. The molecule has 19 heavy (non-hydrogen) atoms. The molecule has 7 heteroatoms. The van der Waals surface area contributed by atoms with Gasteiger partial charge in [0.25, 0.3) is 5.91 Å². The van der Waals surface area contributed by atoms with E-state index in [0.717, 1.165) is 6.26 Å². The van der Waals surface area contributed by atoms with Gasteiger partial charge in [-0.05, 0) is 25.1 Å². The lowest BCUT2D eigenvalue weighted by atomic mass is 10.2. The van der Waals surface area contributed by atoms with Crippen LogP contribution in [0.1, 0.15) is 17.3 Å². The number of nitrogens with one attached hydrogen (secondary N) is 2. The lowest BCUT2D eigenvalue weighted by Gasteiger charge is -2.13. The molecule has 0 saturated carbocycles. The summed E-state index contributed by atoms with van der Waals surface area (Å²) in [5.74, 6) is -0.276. The maximum Gasteiger partial charge on any atom is 0.251 e. The van der Waals surface area contributed by atoms with Crippen LogP contribution in [-0.4, -0.2) is 40.3 Å². The Balaban J connectivity index is 2.78. The molecule has 0 bridgehead atoms. The number of rotatable bonds is 6. The van der Waals surface area contributed by atoms with E-state index in [4.69, 9.17) is 4.74 Å². The van der Waals surface area contributed by atoms with E-state index in [1.54, 1.807) is 25.3 Å². The minimum Gasteiger partial charge on any atom is -0.383 e. The molecule has 0 aliphatic rings. The lowest BCUT2D eigenvalue weighted by Crippen LogP contribution is -2.35. The number of carbonyl (C=O) groups is 1. The Morgan fingerprint density at radius 2 is 2.11 bits per heavy atom. The maximum atomic E-state index is 11.9. The van der Waals surface area contributed by atoms with Crippen LogP contribution >= 0.6 is 0 Å². The third-order valence-corrected chi connectivity index (χ3v) is 2.83. The van der Waals surface area contributed by atoms with E-state index < -0.39 is 10.0 Å². The van der Waals surface area contributed by atoms with Gasteiger partial charge >= 0.3 is 0 Å². The fourth-order valence-corrected chi connectivity index (χ4v) is 2.09. The second-order valence-corrected chi connectivity index (χ2v) is 6.03. The van der Waals surface area contributed by atoms with Crippen molar-refractivity contribution in [2.24, 2.45) is 0 Å². The molecule has 1 atom stereocenters. The van der Waals surface area contributed by atoms with Gasteiger partial charge in [0.05, 0.1) is 12.9 Å². The molecular formula is C12H18N2O4S. The van der Waals surface area contributed by atoms with E-state index >= 15 is 0 Å². The van der Waals surface area contributed by atoms with E-state index in [-0.39, 0.29) is 11.9 Å². The van der Waals surface area contributed by atoms with Crippen molar-refractivity contribution in [2.45, 2.75) is 13.0 Å². The molecule has 0 saturated heterocycles. The SMILES string of the molecule is COCC(C)NC(=O)c1cccc(NS(C)(=O)=O)c1. The summed E-state index contributed by atoms with van der Waals surface area (Å²) >= 11 is 0. The molecule has 0 heterocycles. The molecule has 1 unspecified atom stereocenters. The fraction of sp³-hybridized carbons (Fsp3) is 0.417. The van der Waals surface area contributed by atoms with E-state index in [1.807, 2.05) is 6.92 Å². The van der Waals surface area contributed by atoms with Crippen molar-refractivity contribution in [1.29, 1.82) is 0 Å². The number of amides is 1. The van der Waals surface area contributed by atoms with Gasteiger partial charge in [-0.2, -0.15) is 0 Å². The molecule has 0 fully saturated rings. The minimum absolute atomic E-state index is 0.121. The van der Waals surface area contributed by atoms with Crippen molar-refractivity contribution in [2.75, 3.05) is 24.7 Å². The van der Waals surface area contributed by atoms with Gasteiger partial charge in [0.1, 0.15) is 0 Å². The van der Waals surface area contributed by atoms with Gasteiger partial charge in [-0.3, -0.25) is 9.52 Å². The van der Waals surface area contributed by atoms with Crippen LogP contribution in [0.5, 0.6) is 0 Å². The largest absolute Gasteiger partial charge is 0.383 e. The number of anilines is 1. The molecule has 6 nitrogen and oxygen atoms in total. The van der Waals surface area contributed by atoms with Crippen molar-refractivity contribution in [3.05, 3.63) is 29.8 Å². The Kier molecular flexibility index (Phi) is 5.31. The Morgan fingerprint density at radius 3 is 2.68 bits per heavy atom. The Bertz CT molecular complexity index is 542. The number of benzene rings is 1. The topological polar surface area (TPSA) is 84.5 Å². The van der Waals surface area contributed by atoms with Crippen LogP contribution < -0.4 is 10.0 Å². The first kappa shape index (κ1) is 15.5. The summed E-state index contributed by atoms with van der Waals surface area (Å²) < 4.78 is 29.5. The van der Waals surface area contributed by atoms with E-state index in [2.05, 4.69) is 10.0 Å². The fourth-order valence-electron chi connectivity index (χ4n) is 1.54. The summed E-state index contributed by atoms with van der Waals surface area (Å²) in [5, 5.41) is 2.75. The molecule has 1 aromatic carbocycles. The predicted molar refractivity (Wildman–Crippen MR) is 73.7 cm³/mol. The van der Waals surface area contributed by atoms with Crippen molar-refractivity contribution < 1.29 is 17.9 Å². The first-order valence-electron chi connectivity index (χ1n) is 5.69. The van der Waals surface area contributed by atoms with Crippen LogP contribution in [0.4, 0.5) is 5.69 Å². The maximum absolute atomic E-state index is 11.9. The van der Waals surface area contributed by atoms with Crippen molar-refractivity contribution in [1.82, 2.24) is 5.32 Å². The Morgan fingerprint density at radius 1 is 1.42 bits per heavy atom. The minimum atomic E-state index is -3.35. The predicted octanol–water partition coefficient (Wildman–Crippen LogP) is 0.823. The standard InChI is InChI=1S/C12H18N2O4S/c1-9(8-18-2)13-12(15)10-5-4-6-11(7-10)14-19(3,16)17/h4-7,9,14H,8H2,1-3H3,(H,13,15). The van der Waals surface area contributed by atoms with Crippen LogP contribution in [0.15, 0.2) is 24.3 Å². The van der Waals surface area contributed by atoms with E-state index in [0.29, 0.717) is 17.9 Å². The molecule has 106 valence electrons. The first-order valence-corrected chi connectivity index (χ1v) is 7.58. The number of carbonyl (C=O) groups excluding carboxylic acids is 1. The number of ether oxygens (including phenoxy) is 1. The molecule has 1 aromatic rings. The molecule has 0 spiro atoms. The molecule has 0 aliphatic carbocycles. The van der Waals surface area contributed by atoms with Gasteiger partial charge in [-0.25, -0.2) is 8.42 Å². The van der Waals surface area contributed by atoms with Crippen LogP contribution in [-0.2, 0) is 14.8 Å². The highest BCUT2D eigenvalue weighted by Crippen LogP contribution is 2.12. The van der Waals surface area contributed by atoms with Crippen LogP contribution in [0.3, 0.4) is 0 Å². The van der Waals surface area contributed by atoms with Gasteiger partial charge in [0, 0.05) is 24.4 Å². The third-order valence-electron chi connectivity index (χ3n) is 2.22. The van der Waals surface area contributed by atoms with Gasteiger partial charge in [-0.1, -0.05) is 6.07 Å². The molecule has 0 aliphatic heterocycles. The molecule has 1 amide bonds. The van der Waals surface area contributed by atoms with Crippen molar-refractivity contribution in [3.63, 3.8) is 0 Å². The monoisotopic (exact) mass is 286 g/mol. The zero-order chi connectivity index (χ0) is 14.5. The summed E-state index contributed by atoms with van der Waals surface area (Å²) in [6.07, 6.45) is 1.06. The summed E-state index contributed by atoms with van der Waals surface area (Å²) in [7, 11) is -1.80. The zero-order valence-electron chi connectivity index (χ0n) is 11.1. The molecule has 0 radical (unpaired) electrons. The molecule has 0 aromatic heterocycles.